The number of aromatic nitrogens is 1. The maximum atomic E-state index is 5.45. The Morgan fingerprint density at radius 3 is 3.25 bits per heavy atom. The molecule has 1 aliphatic heterocycles. The van der Waals surface area contributed by atoms with Gasteiger partial charge in [0.1, 0.15) is 0 Å². The molecule has 1 saturated heterocycles. The lowest BCUT2D eigenvalue weighted by Crippen LogP contribution is -2.36. The van der Waals surface area contributed by atoms with Crippen LogP contribution in [0.2, 0.25) is 0 Å². The number of nitrogens with one attached hydrogen (secondary N) is 1. The molecular formula is C13H22N2O. The molecule has 3 nitrogen and oxygen atoms in total. The van der Waals surface area contributed by atoms with Crippen LogP contribution in [0.5, 0.6) is 0 Å². The molecule has 1 fully saturated rings. The van der Waals surface area contributed by atoms with Gasteiger partial charge in [-0.1, -0.05) is 6.92 Å². The summed E-state index contributed by atoms with van der Waals surface area (Å²) in [5, 5.41) is 3.55. The average Bonchev–Trinajstić information content (AvgIpc) is 2.76. The van der Waals surface area contributed by atoms with Crippen molar-refractivity contribution in [1.82, 2.24) is 9.88 Å². The number of rotatable bonds is 5. The molecule has 0 radical (unpaired) electrons. The summed E-state index contributed by atoms with van der Waals surface area (Å²) in [4.78, 5) is 0. The molecule has 0 bridgehead atoms. The standard InChI is InChI=1S/C13H22N2O/c1-2-6-15-7-5-12(10-15)9-14-13-4-3-8-16-11-13/h5,7,10,13-14H,2-4,6,8-9,11H2,1H3. The Balaban J connectivity index is 1.75. The maximum absolute atomic E-state index is 5.45. The highest BCUT2D eigenvalue weighted by Gasteiger charge is 2.12. The molecule has 0 saturated carbocycles. The van der Waals surface area contributed by atoms with Gasteiger partial charge in [0.2, 0.25) is 0 Å². The van der Waals surface area contributed by atoms with E-state index in [1.54, 1.807) is 0 Å². The van der Waals surface area contributed by atoms with Crippen LogP contribution in [0.4, 0.5) is 0 Å². The molecule has 2 heterocycles. The van der Waals surface area contributed by atoms with Gasteiger partial charge in [-0.2, -0.15) is 0 Å². The molecule has 90 valence electrons. The van der Waals surface area contributed by atoms with Crippen molar-refractivity contribution in [2.45, 2.75) is 45.3 Å². The quantitative estimate of drug-likeness (QED) is 0.826. The fourth-order valence-corrected chi connectivity index (χ4v) is 2.16. The Morgan fingerprint density at radius 1 is 1.56 bits per heavy atom. The zero-order chi connectivity index (χ0) is 11.2. The van der Waals surface area contributed by atoms with Gasteiger partial charge >= 0.3 is 0 Å². The molecule has 1 aromatic heterocycles. The van der Waals surface area contributed by atoms with E-state index in [0.29, 0.717) is 6.04 Å². The lowest BCUT2D eigenvalue weighted by atomic mass is 10.1. The van der Waals surface area contributed by atoms with Crippen LogP contribution in [0.15, 0.2) is 18.5 Å². The molecule has 16 heavy (non-hydrogen) atoms. The molecule has 3 heteroatoms. The minimum atomic E-state index is 0.545. The first-order valence-electron chi connectivity index (χ1n) is 6.34. The van der Waals surface area contributed by atoms with Crippen LogP contribution in [0.1, 0.15) is 31.7 Å². The Labute approximate surface area is 97.8 Å². The van der Waals surface area contributed by atoms with Gasteiger partial charge in [-0.05, 0) is 30.9 Å². The summed E-state index contributed by atoms with van der Waals surface area (Å²) >= 11 is 0. The molecule has 1 aromatic rings. The minimum Gasteiger partial charge on any atom is -0.380 e. The molecule has 0 aromatic carbocycles. The molecule has 0 aliphatic carbocycles. The molecule has 1 N–H and O–H groups in total. The summed E-state index contributed by atoms with van der Waals surface area (Å²) in [7, 11) is 0. The first kappa shape index (κ1) is 11.7. The smallest absolute Gasteiger partial charge is 0.0619 e. The summed E-state index contributed by atoms with van der Waals surface area (Å²) in [6, 6.07) is 2.75. The molecule has 0 spiro atoms. The highest BCUT2D eigenvalue weighted by atomic mass is 16.5. The van der Waals surface area contributed by atoms with Crippen molar-refractivity contribution in [1.29, 1.82) is 0 Å². The van der Waals surface area contributed by atoms with Gasteiger partial charge in [0, 0.05) is 38.1 Å². The molecule has 0 amide bonds. The second kappa shape index (κ2) is 6.06. The van der Waals surface area contributed by atoms with Gasteiger partial charge in [-0.3, -0.25) is 0 Å². The zero-order valence-electron chi connectivity index (χ0n) is 10.1. The Kier molecular flexibility index (Phi) is 4.43. The van der Waals surface area contributed by atoms with Gasteiger partial charge < -0.3 is 14.6 Å². The van der Waals surface area contributed by atoms with E-state index in [9.17, 15) is 0 Å². The second-order valence-corrected chi connectivity index (χ2v) is 4.55. The van der Waals surface area contributed by atoms with E-state index in [4.69, 9.17) is 4.74 Å². The van der Waals surface area contributed by atoms with E-state index in [1.165, 1.54) is 24.8 Å². The predicted molar refractivity (Wildman–Crippen MR) is 65.4 cm³/mol. The summed E-state index contributed by atoms with van der Waals surface area (Å²) in [5.41, 5.74) is 1.37. The van der Waals surface area contributed by atoms with Crippen molar-refractivity contribution >= 4 is 0 Å². The van der Waals surface area contributed by atoms with Crippen LogP contribution < -0.4 is 5.32 Å². The first-order valence-corrected chi connectivity index (χ1v) is 6.34. The van der Waals surface area contributed by atoms with Crippen LogP contribution in [0.3, 0.4) is 0 Å². The number of hydrogen-bond acceptors (Lipinski definition) is 2. The largest absolute Gasteiger partial charge is 0.380 e. The summed E-state index contributed by atoms with van der Waals surface area (Å²) in [6.07, 6.45) is 8.03. The van der Waals surface area contributed by atoms with E-state index in [1.807, 2.05) is 0 Å². The zero-order valence-corrected chi connectivity index (χ0v) is 10.1. The molecule has 1 aliphatic rings. The van der Waals surface area contributed by atoms with Crippen LogP contribution in [-0.4, -0.2) is 23.8 Å². The SMILES string of the molecule is CCCn1ccc(CNC2CCCOC2)c1. The summed E-state index contributed by atoms with van der Waals surface area (Å²) in [5.74, 6) is 0. The Hall–Kier alpha value is -0.800. The van der Waals surface area contributed by atoms with Crippen molar-refractivity contribution in [2.75, 3.05) is 13.2 Å². The van der Waals surface area contributed by atoms with Gasteiger partial charge in [0.25, 0.3) is 0 Å². The average molecular weight is 222 g/mol. The Bertz CT molecular complexity index is 303. The van der Waals surface area contributed by atoms with Crippen LogP contribution in [0, 0.1) is 0 Å². The summed E-state index contributed by atoms with van der Waals surface area (Å²) < 4.78 is 7.70. The van der Waals surface area contributed by atoms with Gasteiger partial charge in [-0.25, -0.2) is 0 Å². The molecule has 1 atom stereocenters. The third-order valence-electron chi connectivity index (χ3n) is 3.05. The Morgan fingerprint density at radius 2 is 2.50 bits per heavy atom. The summed E-state index contributed by atoms with van der Waals surface area (Å²) in [6.45, 7) is 6.09. The lowest BCUT2D eigenvalue weighted by Gasteiger charge is -2.22. The second-order valence-electron chi connectivity index (χ2n) is 4.55. The number of hydrogen-bond donors (Lipinski definition) is 1. The van der Waals surface area contributed by atoms with E-state index in [0.717, 1.165) is 26.3 Å². The van der Waals surface area contributed by atoms with Crippen molar-refractivity contribution in [3.8, 4) is 0 Å². The van der Waals surface area contributed by atoms with Crippen molar-refractivity contribution in [3.63, 3.8) is 0 Å². The molecule has 1 unspecified atom stereocenters. The van der Waals surface area contributed by atoms with E-state index < -0.39 is 0 Å². The van der Waals surface area contributed by atoms with Crippen LogP contribution in [0.25, 0.3) is 0 Å². The first-order chi connectivity index (χ1) is 7.88. The number of aryl methyl sites for hydroxylation is 1. The molecule has 2 rings (SSSR count). The topological polar surface area (TPSA) is 26.2 Å². The van der Waals surface area contributed by atoms with Gasteiger partial charge in [0.15, 0.2) is 0 Å². The maximum Gasteiger partial charge on any atom is 0.0619 e. The fraction of sp³-hybridized carbons (Fsp3) is 0.692. The lowest BCUT2D eigenvalue weighted by molar-refractivity contribution is 0.0699. The fourth-order valence-electron chi connectivity index (χ4n) is 2.16. The number of ether oxygens (including phenoxy) is 1. The highest BCUT2D eigenvalue weighted by molar-refractivity contribution is 5.10. The predicted octanol–water partition coefficient (Wildman–Crippen LogP) is 2.17. The monoisotopic (exact) mass is 222 g/mol. The van der Waals surface area contributed by atoms with Gasteiger partial charge in [-0.15, -0.1) is 0 Å². The minimum absolute atomic E-state index is 0.545. The normalized spacial score (nSPS) is 21.2. The van der Waals surface area contributed by atoms with Gasteiger partial charge in [0.05, 0.1) is 6.61 Å². The van der Waals surface area contributed by atoms with Crippen LogP contribution >= 0.6 is 0 Å². The number of nitrogens with zero attached hydrogens (tertiary/aromatic N) is 1. The van der Waals surface area contributed by atoms with Crippen molar-refractivity contribution in [2.24, 2.45) is 0 Å². The highest BCUT2D eigenvalue weighted by Crippen LogP contribution is 2.08. The van der Waals surface area contributed by atoms with Crippen molar-refractivity contribution < 1.29 is 4.74 Å². The van der Waals surface area contributed by atoms with Crippen LogP contribution in [-0.2, 0) is 17.8 Å². The van der Waals surface area contributed by atoms with Crippen molar-refractivity contribution in [3.05, 3.63) is 24.0 Å². The molecular weight excluding hydrogens is 200 g/mol. The van der Waals surface area contributed by atoms with E-state index >= 15 is 0 Å². The third-order valence-corrected chi connectivity index (χ3v) is 3.05. The van der Waals surface area contributed by atoms with E-state index in [-0.39, 0.29) is 0 Å². The van der Waals surface area contributed by atoms with E-state index in [2.05, 4.69) is 35.3 Å². The third kappa shape index (κ3) is 3.35.